The first-order valence-corrected chi connectivity index (χ1v) is 28.1. The summed E-state index contributed by atoms with van der Waals surface area (Å²) in [7, 11) is 0. The zero-order valence-electron chi connectivity index (χ0n) is 45.5. The molecule has 0 saturated heterocycles. The Morgan fingerprint density at radius 3 is 0.732 bits per heavy atom. The molecule has 12 aromatic rings. The van der Waals surface area contributed by atoms with Gasteiger partial charge < -0.3 is 19.6 Å². The molecule has 12 aromatic carbocycles. The lowest BCUT2D eigenvalue weighted by Gasteiger charge is -2.45. The minimum absolute atomic E-state index is 0.517. The van der Waals surface area contributed by atoms with Gasteiger partial charge in [-0.3, -0.25) is 0 Å². The predicted molar refractivity (Wildman–Crippen MR) is 346 cm³/mol. The fraction of sp³-hybridized carbons (Fsp3) is 0.0256. The number of nitrogens with zero attached hydrogens (tertiary/aromatic N) is 4. The van der Waals surface area contributed by atoms with Crippen molar-refractivity contribution in [3.8, 4) is 22.3 Å². The van der Waals surface area contributed by atoms with Crippen molar-refractivity contribution in [2.75, 3.05) is 19.6 Å². The van der Waals surface area contributed by atoms with E-state index in [0.717, 1.165) is 91.2 Å². The van der Waals surface area contributed by atoms with Gasteiger partial charge in [-0.25, -0.2) is 0 Å². The number of anilines is 11. The topological polar surface area (TPSA) is 13.0 Å². The highest BCUT2D eigenvalue weighted by Crippen LogP contribution is 2.48. The SMILES string of the molecule is C1=CC(c2ccccc2)(N(c2ccccc2)c2ccc(-c3ccc(N(c4ccccc4)c4ccccc4)cc3)cc2)CC=C1c1ccc(N(c2ccccc2)c2ccc(-c3ccc(N(c4ccccc4)c4ccccc4)cc3)cc2)cc1. The minimum atomic E-state index is -0.517. The standard InChI is InChI=1S/C78H60N4/c1-8-22-66(23-9-1)78(82(76-34-20-7-21-35-76)77-54-44-63(45-55-77)62-38-48-73(49-39-62)80(69-28-14-4-15-29-69)70-30-16-5-17-31-70)58-56-65(57-59-78)64-42-52-75(53-43-64)81(71-32-18-6-19-33-71)74-50-40-61(41-51-74)60-36-46-72(47-37-60)79(67-24-10-2-11-25-67)68-26-12-3-13-27-68/h1-58H,59H2. The highest BCUT2D eigenvalue weighted by molar-refractivity contribution is 5.85. The average molecular weight is 1050 g/mol. The molecule has 0 spiro atoms. The Morgan fingerprint density at radius 1 is 0.220 bits per heavy atom. The van der Waals surface area contributed by atoms with Crippen LogP contribution in [0.3, 0.4) is 0 Å². The summed E-state index contributed by atoms with van der Waals surface area (Å²) in [5, 5.41) is 0. The van der Waals surface area contributed by atoms with Gasteiger partial charge >= 0.3 is 0 Å². The van der Waals surface area contributed by atoms with Gasteiger partial charge in [-0.15, -0.1) is 0 Å². The first-order valence-electron chi connectivity index (χ1n) is 28.1. The van der Waals surface area contributed by atoms with E-state index in [1.807, 2.05) is 0 Å². The summed E-state index contributed by atoms with van der Waals surface area (Å²) in [6, 6.07) is 119. The molecule has 0 aliphatic heterocycles. The molecule has 0 amide bonds. The largest absolute Gasteiger partial charge is 0.327 e. The second kappa shape index (κ2) is 23.3. The summed E-state index contributed by atoms with van der Waals surface area (Å²) in [5.74, 6) is 0. The van der Waals surface area contributed by atoms with Gasteiger partial charge in [0.15, 0.2) is 0 Å². The van der Waals surface area contributed by atoms with Crippen LogP contribution in [0.15, 0.2) is 352 Å². The molecule has 1 aliphatic carbocycles. The van der Waals surface area contributed by atoms with Crippen molar-refractivity contribution in [2.45, 2.75) is 12.0 Å². The zero-order valence-corrected chi connectivity index (χ0v) is 45.5. The summed E-state index contributed by atoms with van der Waals surface area (Å²) in [6.07, 6.45) is 7.92. The van der Waals surface area contributed by atoms with Crippen LogP contribution >= 0.6 is 0 Å². The Labute approximate surface area is 482 Å². The molecule has 0 aromatic heterocycles. The van der Waals surface area contributed by atoms with E-state index in [1.54, 1.807) is 0 Å². The molecule has 0 N–H and O–H groups in total. The molecular weight excluding hydrogens is 993 g/mol. The molecule has 1 unspecified atom stereocenters. The minimum Gasteiger partial charge on any atom is -0.327 e. The van der Waals surface area contributed by atoms with Crippen LogP contribution in [0.1, 0.15) is 17.5 Å². The molecule has 0 saturated carbocycles. The van der Waals surface area contributed by atoms with Gasteiger partial charge in [0.1, 0.15) is 0 Å². The normalized spacial score (nSPS) is 13.6. The maximum absolute atomic E-state index is 2.52. The zero-order chi connectivity index (χ0) is 54.9. The van der Waals surface area contributed by atoms with E-state index in [-0.39, 0.29) is 0 Å². The summed E-state index contributed by atoms with van der Waals surface area (Å²) in [5.41, 5.74) is 19.9. The number of benzene rings is 12. The average Bonchev–Trinajstić information content (AvgIpc) is 3.32. The number of hydrogen-bond donors (Lipinski definition) is 0. The van der Waals surface area contributed by atoms with Crippen LogP contribution in [0.25, 0.3) is 27.8 Å². The van der Waals surface area contributed by atoms with Crippen LogP contribution < -0.4 is 19.6 Å². The third-order valence-electron chi connectivity index (χ3n) is 15.6. The molecule has 392 valence electrons. The van der Waals surface area contributed by atoms with Gasteiger partial charge in [-0.2, -0.15) is 0 Å². The first-order chi connectivity index (χ1) is 40.6. The van der Waals surface area contributed by atoms with E-state index >= 15 is 0 Å². The molecule has 1 aliphatic rings. The van der Waals surface area contributed by atoms with Crippen molar-refractivity contribution in [1.82, 2.24) is 0 Å². The lowest BCUT2D eigenvalue weighted by atomic mass is 9.79. The third kappa shape index (κ3) is 10.5. The van der Waals surface area contributed by atoms with E-state index in [0.29, 0.717) is 0 Å². The Hall–Kier alpha value is -10.7. The Bertz CT molecular complexity index is 3970. The lowest BCUT2D eigenvalue weighted by Crippen LogP contribution is -2.42. The fourth-order valence-electron chi connectivity index (χ4n) is 11.5. The van der Waals surface area contributed by atoms with Crippen LogP contribution in [0.5, 0.6) is 0 Å². The molecule has 0 bridgehead atoms. The lowest BCUT2D eigenvalue weighted by molar-refractivity contribution is 0.548. The quantitative estimate of drug-likeness (QED) is 0.0956. The Morgan fingerprint density at radius 2 is 0.451 bits per heavy atom. The molecule has 13 rings (SSSR count). The number of allylic oxidation sites excluding steroid dienone is 2. The van der Waals surface area contributed by atoms with Crippen molar-refractivity contribution in [2.24, 2.45) is 0 Å². The second-order valence-corrected chi connectivity index (χ2v) is 20.6. The van der Waals surface area contributed by atoms with Crippen LogP contribution in [0, 0.1) is 0 Å². The smallest absolute Gasteiger partial charge is 0.0923 e. The van der Waals surface area contributed by atoms with Crippen molar-refractivity contribution in [1.29, 1.82) is 0 Å². The van der Waals surface area contributed by atoms with E-state index in [1.165, 1.54) is 16.7 Å². The van der Waals surface area contributed by atoms with Crippen molar-refractivity contribution >= 4 is 68.1 Å². The summed E-state index contributed by atoms with van der Waals surface area (Å²) in [6.45, 7) is 0. The van der Waals surface area contributed by atoms with Gasteiger partial charge in [-0.05, 0) is 179 Å². The van der Waals surface area contributed by atoms with Crippen molar-refractivity contribution < 1.29 is 0 Å². The van der Waals surface area contributed by atoms with E-state index in [4.69, 9.17) is 0 Å². The fourth-order valence-corrected chi connectivity index (χ4v) is 11.5. The molecular formula is C78H60N4. The Balaban J connectivity index is 0.770. The molecule has 4 heteroatoms. The maximum atomic E-state index is 2.52. The van der Waals surface area contributed by atoms with Crippen LogP contribution in [0.2, 0.25) is 0 Å². The van der Waals surface area contributed by atoms with Crippen LogP contribution in [-0.2, 0) is 5.54 Å². The van der Waals surface area contributed by atoms with Crippen molar-refractivity contribution in [3.05, 3.63) is 363 Å². The summed E-state index contributed by atoms with van der Waals surface area (Å²) in [4.78, 5) is 9.45. The Kier molecular flexibility index (Phi) is 14.5. The van der Waals surface area contributed by atoms with Crippen molar-refractivity contribution in [3.63, 3.8) is 0 Å². The van der Waals surface area contributed by atoms with Gasteiger partial charge in [0.25, 0.3) is 0 Å². The maximum Gasteiger partial charge on any atom is 0.0923 e. The van der Waals surface area contributed by atoms with Gasteiger partial charge in [0.05, 0.1) is 5.54 Å². The summed E-state index contributed by atoms with van der Waals surface area (Å²) >= 11 is 0. The molecule has 0 radical (unpaired) electrons. The van der Waals surface area contributed by atoms with E-state index in [2.05, 4.69) is 371 Å². The number of hydrogen-bond acceptors (Lipinski definition) is 4. The number of rotatable bonds is 16. The molecule has 0 heterocycles. The highest BCUT2D eigenvalue weighted by atomic mass is 15.2. The first kappa shape index (κ1) is 50.8. The van der Waals surface area contributed by atoms with E-state index < -0.39 is 5.54 Å². The molecule has 82 heavy (non-hydrogen) atoms. The van der Waals surface area contributed by atoms with Crippen LogP contribution in [0.4, 0.5) is 62.6 Å². The van der Waals surface area contributed by atoms with Gasteiger partial charge in [-0.1, -0.05) is 218 Å². The van der Waals surface area contributed by atoms with Gasteiger partial charge in [0, 0.05) is 62.6 Å². The predicted octanol–water partition coefficient (Wildman–Crippen LogP) is 21.5. The highest BCUT2D eigenvalue weighted by Gasteiger charge is 2.38. The monoisotopic (exact) mass is 1050 g/mol. The number of para-hydroxylation sites is 6. The molecule has 0 fully saturated rings. The van der Waals surface area contributed by atoms with Crippen LogP contribution in [-0.4, -0.2) is 0 Å². The summed E-state index contributed by atoms with van der Waals surface area (Å²) < 4.78 is 0. The second-order valence-electron chi connectivity index (χ2n) is 20.6. The van der Waals surface area contributed by atoms with Gasteiger partial charge in [0.2, 0.25) is 0 Å². The van der Waals surface area contributed by atoms with E-state index in [9.17, 15) is 0 Å². The molecule has 4 nitrogen and oxygen atoms in total. The third-order valence-corrected chi connectivity index (χ3v) is 15.6. The molecule has 1 atom stereocenters.